The molecule has 0 amide bonds. The Labute approximate surface area is 111 Å². The zero-order valence-electron chi connectivity index (χ0n) is 9.99. The minimum absolute atomic E-state index is 0.188. The Morgan fingerprint density at radius 2 is 2.06 bits per heavy atom. The lowest BCUT2D eigenvalue weighted by Crippen LogP contribution is -2.33. The minimum Gasteiger partial charge on any atom is -0.306 e. The zero-order valence-corrected chi connectivity index (χ0v) is 11.6. The largest absolute Gasteiger partial charge is 0.306 e. The lowest BCUT2D eigenvalue weighted by atomic mass is 10.0. The lowest BCUT2D eigenvalue weighted by molar-refractivity contribution is 0.417. The maximum atomic E-state index is 9.06. The molecule has 1 aliphatic carbocycles. The molecule has 17 heavy (non-hydrogen) atoms. The third-order valence-electron chi connectivity index (χ3n) is 3.52. The molecule has 1 fully saturated rings. The van der Waals surface area contributed by atoms with Crippen molar-refractivity contribution < 1.29 is 0 Å². The van der Waals surface area contributed by atoms with E-state index in [1.54, 1.807) is 0 Å². The summed E-state index contributed by atoms with van der Waals surface area (Å²) >= 11 is 3.44. The second-order valence-corrected chi connectivity index (χ2v) is 5.63. The van der Waals surface area contributed by atoms with Crippen LogP contribution in [0, 0.1) is 17.2 Å². The molecule has 3 heteroatoms. The van der Waals surface area contributed by atoms with Gasteiger partial charge in [-0.3, -0.25) is 0 Å². The maximum absolute atomic E-state index is 9.06. The lowest BCUT2D eigenvalue weighted by Gasteiger charge is -2.22. The third kappa shape index (κ3) is 3.08. The van der Waals surface area contributed by atoms with E-state index >= 15 is 0 Å². The van der Waals surface area contributed by atoms with Crippen LogP contribution in [0.5, 0.6) is 0 Å². The summed E-state index contributed by atoms with van der Waals surface area (Å²) in [6.45, 7) is 2.16. The van der Waals surface area contributed by atoms with E-state index in [1.807, 2.05) is 0 Å². The average molecular weight is 293 g/mol. The fourth-order valence-corrected chi connectivity index (χ4v) is 2.75. The van der Waals surface area contributed by atoms with Crippen LogP contribution >= 0.6 is 15.9 Å². The van der Waals surface area contributed by atoms with Crippen LogP contribution in [0.2, 0.25) is 0 Å². The fourth-order valence-electron chi connectivity index (χ4n) is 2.48. The van der Waals surface area contributed by atoms with Gasteiger partial charge in [-0.2, -0.15) is 5.26 Å². The Bertz CT molecular complexity index is 407. The molecule has 2 nitrogen and oxygen atoms in total. The standard InChI is InChI=1S/C14H17BrN2/c1-10(11-5-7-13(15)8-6-11)17-14-4-2-3-12(14)9-16/h5-8,10,12,14,17H,2-4H2,1H3/t10-,12?,14?/m0/s1. The third-order valence-corrected chi connectivity index (χ3v) is 4.04. The number of benzene rings is 1. The Balaban J connectivity index is 1.99. The molecule has 0 aromatic heterocycles. The van der Waals surface area contributed by atoms with Crippen LogP contribution in [0.25, 0.3) is 0 Å². The van der Waals surface area contributed by atoms with E-state index in [9.17, 15) is 0 Å². The van der Waals surface area contributed by atoms with Gasteiger partial charge in [0.1, 0.15) is 0 Å². The number of nitrogens with one attached hydrogen (secondary N) is 1. The Hall–Kier alpha value is -0.850. The van der Waals surface area contributed by atoms with E-state index in [2.05, 4.69) is 58.5 Å². The summed E-state index contributed by atoms with van der Waals surface area (Å²) in [6, 6.07) is 11.4. The Morgan fingerprint density at radius 3 is 2.71 bits per heavy atom. The first-order chi connectivity index (χ1) is 8.20. The summed E-state index contributed by atoms with van der Waals surface area (Å²) in [6.07, 6.45) is 3.34. The van der Waals surface area contributed by atoms with Crippen molar-refractivity contribution in [2.24, 2.45) is 5.92 Å². The number of rotatable bonds is 3. The highest BCUT2D eigenvalue weighted by Gasteiger charge is 2.28. The normalized spacial score (nSPS) is 25.5. The summed E-state index contributed by atoms with van der Waals surface area (Å²) in [5.74, 6) is 0.188. The Kier molecular flexibility index (Phi) is 4.20. The highest BCUT2D eigenvalue weighted by atomic mass is 79.9. The maximum Gasteiger partial charge on any atom is 0.0672 e. The number of nitriles is 1. The summed E-state index contributed by atoms with van der Waals surface area (Å²) in [7, 11) is 0. The van der Waals surface area contributed by atoms with Gasteiger partial charge in [0.05, 0.1) is 12.0 Å². The van der Waals surface area contributed by atoms with Gasteiger partial charge in [0.15, 0.2) is 0 Å². The molecule has 1 saturated carbocycles. The first kappa shape index (κ1) is 12.6. The van der Waals surface area contributed by atoms with Crippen LogP contribution < -0.4 is 5.32 Å². The van der Waals surface area contributed by atoms with Gasteiger partial charge in [-0.25, -0.2) is 0 Å². The summed E-state index contributed by atoms with van der Waals surface area (Å²) in [5.41, 5.74) is 1.27. The van der Waals surface area contributed by atoms with E-state index in [0.29, 0.717) is 12.1 Å². The highest BCUT2D eigenvalue weighted by Crippen LogP contribution is 2.27. The van der Waals surface area contributed by atoms with Gasteiger partial charge in [0.2, 0.25) is 0 Å². The minimum atomic E-state index is 0.188. The fraction of sp³-hybridized carbons (Fsp3) is 0.500. The monoisotopic (exact) mass is 292 g/mol. The highest BCUT2D eigenvalue weighted by molar-refractivity contribution is 9.10. The van der Waals surface area contributed by atoms with Crippen molar-refractivity contribution >= 4 is 15.9 Å². The van der Waals surface area contributed by atoms with E-state index in [-0.39, 0.29) is 5.92 Å². The van der Waals surface area contributed by atoms with Crippen molar-refractivity contribution in [3.8, 4) is 6.07 Å². The first-order valence-corrected chi connectivity index (χ1v) is 6.91. The average Bonchev–Trinajstić information content (AvgIpc) is 2.77. The zero-order chi connectivity index (χ0) is 12.3. The summed E-state index contributed by atoms with van der Waals surface area (Å²) in [4.78, 5) is 0. The van der Waals surface area contributed by atoms with Crippen LogP contribution in [-0.2, 0) is 0 Å². The smallest absolute Gasteiger partial charge is 0.0672 e. The van der Waals surface area contributed by atoms with Crippen LogP contribution in [0.4, 0.5) is 0 Å². The van der Waals surface area contributed by atoms with Gasteiger partial charge in [-0.15, -0.1) is 0 Å². The number of nitrogens with zero attached hydrogens (tertiary/aromatic N) is 1. The van der Waals surface area contributed by atoms with Gasteiger partial charge >= 0.3 is 0 Å². The molecular weight excluding hydrogens is 276 g/mol. The van der Waals surface area contributed by atoms with Crippen LogP contribution in [-0.4, -0.2) is 6.04 Å². The summed E-state index contributed by atoms with van der Waals surface area (Å²) < 4.78 is 1.10. The quantitative estimate of drug-likeness (QED) is 0.920. The molecule has 0 radical (unpaired) electrons. The van der Waals surface area contributed by atoms with E-state index in [1.165, 1.54) is 12.0 Å². The molecule has 2 unspecified atom stereocenters. The number of hydrogen-bond acceptors (Lipinski definition) is 2. The molecular formula is C14H17BrN2. The second-order valence-electron chi connectivity index (χ2n) is 4.71. The number of hydrogen-bond donors (Lipinski definition) is 1. The Morgan fingerprint density at radius 1 is 1.35 bits per heavy atom. The molecule has 0 saturated heterocycles. The number of halogens is 1. The van der Waals surface area contributed by atoms with Crippen LogP contribution in [0.1, 0.15) is 37.8 Å². The molecule has 0 spiro atoms. The second kappa shape index (κ2) is 5.66. The molecule has 1 N–H and O–H groups in total. The summed E-state index contributed by atoms with van der Waals surface area (Å²) in [5, 5.41) is 12.6. The SMILES string of the molecule is C[C@H](NC1CCCC1C#N)c1ccc(Br)cc1. The molecule has 0 bridgehead atoms. The predicted octanol–water partition coefficient (Wildman–Crippen LogP) is 3.79. The van der Waals surface area contributed by atoms with Crippen LogP contribution in [0.15, 0.2) is 28.7 Å². The van der Waals surface area contributed by atoms with Gasteiger partial charge in [-0.05, 0) is 37.5 Å². The van der Waals surface area contributed by atoms with E-state index < -0.39 is 0 Å². The van der Waals surface area contributed by atoms with Gasteiger partial charge in [0.25, 0.3) is 0 Å². The van der Waals surface area contributed by atoms with Crippen molar-refractivity contribution in [1.29, 1.82) is 5.26 Å². The molecule has 3 atom stereocenters. The van der Waals surface area contributed by atoms with Crippen molar-refractivity contribution in [3.05, 3.63) is 34.3 Å². The van der Waals surface area contributed by atoms with Gasteiger partial charge < -0.3 is 5.32 Å². The molecule has 1 aromatic rings. The predicted molar refractivity (Wildman–Crippen MR) is 72.4 cm³/mol. The molecule has 90 valence electrons. The van der Waals surface area contributed by atoms with Crippen molar-refractivity contribution in [3.63, 3.8) is 0 Å². The van der Waals surface area contributed by atoms with Crippen molar-refractivity contribution in [2.45, 2.75) is 38.3 Å². The van der Waals surface area contributed by atoms with E-state index in [4.69, 9.17) is 5.26 Å². The molecule has 2 rings (SSSR count). The topological polar surface area (TPSA) is 35.8 Å². The molecule has 0 heterocycles. The first-order valence-electron chi connectivity index (χ1n) is 6.12. The van der Waals surface area contributed by atoms with Gasteiger partial charge in [0, 0.05) is 16.6 Å². The molecule has 0 aliphatic heterocycles. The van der Waals surface area contributed by atoms with Crippen molar-refractivity contribution in [1.82, 2.24) is 5.32 Å². The van der Waals surface area contributed by atoms with Gasteiger partial charge in [-0.1, -0.05) is 34.5 Å². The van der Waals surface area contributed by atoms with Crippen molar-refractivity contribution in [2.75, 3.05) is 0 Å². The molecule has 1 aromatic carbocycles. The van der Waals surface area contributed by atoms with Crippen LogP contribution in [0.3, 0.4) is 0 Å². The van der Waals surface area contributed by atoms with E-state index in [0.717, 1.165) is 17.3 Å². The molecule has 1 aliphatic rings.